The molecule has 3 aromatic heterocycles. The smallest absolute Gasteiger partial charge is 0.256 e. The fourth-order valence-corrected chi connectivity index (χ4v) is 4.61. The minimum Gasteiger partial charge on any atom is -0.366 e. The van der Waals surface area contributed by atoms with E-state index in [0.717, 1.165) is 23.3 Å². The van der Waals surface area contributed by atoms with Crippen molar-refractivity contribution in [3.05, 3.63) is 57.8 Å². The number of carbonyl (C=O) groups is 2. The number of aromatic nitrogens is 2. The number of likely N-dealkylation sites (tertiary alicyclic amines) is 1. The second kappa shape index (κ2) is 8.57. The van der Waals surface area contributed by atoms with Crippen LogP contribution in [0, 0.1) is 5.92 Å². The molecule has 150 valence electrons. The van der Waals surface area contributed by atoms with Crippen LogP contribution in [-0.2, 0) is 4.79 Å². The zero-order valence-electron chi connectivity index (χ0n) is 15.3. The molecule has 0 saturated carbocycles. The second-order valence-electron chi connectivity index (χ2n) is 6.83. The van der Waals surface area contributed by atoms with Crippen molar-refractivity contribution in [3.8, 4) is 10.4 Å². The van der Waals surface area contributed by atoms with Gasteiger partial charge < -0.3 is 15.2 Å². The van der Waals surface area contributed by atoms with E-state index in [-0.39, 0.29) is 17.7 Å². The topological polar surface area (TPSA) is 78.1 Å². The molecule has 1 saturated heterocycles. The number of hydrogen-bond donors (Lipinski definition) is 2. The first kappa shape index (κ1) is 19.9. The molecule has 2 N–H and O–H groups in total. The Hall–Kier alpha value is -2.35. The Kier molecular flexibility index (Phi) is 5.89. The molecule has 4 rings (SSSR count). The number of halogens is 2. The third kappa shape index (κ3) is 4.47. The largest absolute Gasteiger partial charge is 0.366 e. The molecule has 1 aliphatic heterocycles. The Bertz CT molecular complexity index is 1030. The summed E-state index contributed by atoms with van der Waals surface area (Å²) < 4.78 is 0.671. The van der Waals surface area contributed by atoms with Gasteiger partial charge in [0, 0.05) is 42.1 Å². The summed E-state index contributed by atoms with van der Waals surface area (Å²) in [4.78, 5) is 35.6. The summed E-state index contributed by atoms with van der Waals surface area (Å²) in [5, 5.41) is 3.31. The van der Waals surface area contributed by atoms with Crippen molar-refractivity contribution in [1.82, 2.24) is 14.9 Å². The van der Waals surface area contributed by atoms with Gasteiger partial charge in [-0.15, -0.1) is 11.3 Å². The third-order valence-electron chi connectivity index (χ3n) is 4.87. The van der Waals surface area contributed by atoms with Crippen molar-refractivity contribution in [2.24, 2.45) is 5.92 Å². The van der Waals surface area contributed by atoms with Gasteiger partial charge in [0.15, 0.2) is 0 Å². The van der Waals surface area contributed by atoms with Crippen LogP contribution < -0.4 is 5.32 Å². The molecule has 2 amide bonds. The lowest BCUT2D eigenvalue weighted by atomic mass is 9.96. The number of pyridine rings is 1. The number of hydrogen-bond acceptors (Lipinski definition) is 4. The molecule has 9 heteroatoms. The first-order valence-electron chi connectivity index (χ1n) is 9.15. The van der Waals surface area contributed by atoms with Crippen LogP contribution in [0.5, 0.6) is 0 Å². The second-order valence-corrected chi connectivity index (χ2v) is 8.98. The molecular weight excluding hydrogens is 431 g/mol. The molecule has 1 atom stereocenters. The Morgan fingerprint density at radius 3 is 2.79 bits per heavy atom. The minimum absolute atomic E-state index is 0.0899. The van der Waals surface area contributed by atoms with Crippen LogP contribution in [0.1, 0.15) is 23.2 Å². The van der Waals surface area contributed by atoms with Crippen molar-refractivity contribution >= 4 is 52.2 Å². The molecule has 0 radical (unpaired) electrons. The van der Waals surface area contributed by atoms with E-state index >= 15 is 0 Å². The van der Waals surface area contributed by atoms with E-state index in [2.05, 4.69) is 15.3 Å². The van der Waals surface area contributed by atoms with E-state index in [1.165, 1.54) is 17.5 Å². The Labute approximate surface area is 181 Å². The first-order valence-corrected chi connectivity index (χ1v) is 10.7. The fourth-order valence-electron chi connectivity index (χ4n) is 3.43. The summed E-state index contributed by atoms with van der Waals surface area (Å²) in [5.41, 5.74) is 1.41. The monoisotopic (exact) mass is 448 g/mol. The van der Waals surface area contributed by atoms with Crippen molar-refractivity contribution < 1.29 is 9.59 Å². The van der Waals surface area contributed by atoms with Gasteiger partial charge in [0.05, 0.1) is 20.8 Å². The highest BCUT2D eigenvalue weighted by molar-refractivity contribution is 7.19. The van der Waals surface area contributed by atoms with Gasteiger partial charge in [-0.2, -0.15) is 0 Å². The lowest BCUT2D eigenvalue weighted by Crippen LogP contribution is -2.43. The molecule has 1 fully saturated rings. The normalized spacial score (nSPS) is 16.6. The zero-order chi connectivity index (χ0) is 20.4. The summed E-state index contributed by atoms with van der Waals surface area (Å²) in [6, 6.07) is 7.04. The van der Waals surface area contributed by atoms with E-state index in [9.17, 15) is 9.59 Å². The highest BCUT2D eigenvalue weighted by Crippen LogP contribution is 2.34. The average molecular weight is 449 g/mol. The number of thiophene rings is 1. The van der Waals surface area contributed by atoms with Crippen LogP contribution in [0.3, 0.4) is 0 Å². The van der Waals surface area contributed by atoms with Crippen molar-refractivity contribution in [1.29, 1.82) is 0 Å². The molecular formula is C20H18Cl2N4O2S. The molecule has 0 aromatic carbocycles. The molecule has 0 unspecified atom stereocenters. The quantitative estimate of drug-likeness (QED) is 0.593. The lowest BCUT2D eigenvalue weighted by molar-refractivity contribution is -0.121. The standard InChI is InChI=1S/C20H18Cl2N4O2S/c21-13-3-6-18(24-8-13)25-19(27)12-2-1-7-26(11-12)20(28)15-10-23-9-14(15)16-4-5-17(22)29-16/h3-6,8-10,12,23H,1-2,7,11H2,(H,24,25,27)/t12-/m1/s1. The average Bonchev–Trinajstić information content (AvgIpc) is 3.38. The molecule has 0 aliphatic carbocycles. The van der Waals surface area contributed by atoms with Crippen molar-refractivity contribution in [2.75, 3.05) is 18.4 Å². The van der Waals surface area contributed by atoms with Gasteiger partial charge in [-0.05, 0) is 37.1 Å². The minimum atomic E-state index is -0.288. The third-order valence-corrected chi connectivity index (χ3v) is 6.36. The number of nitrogens with zero attached hydrogens (tertiary/aromatic N) is 2. The number of piperidine rings is 1. The summed E-state index contributed by atoms with van der Waals surface area (Å²) in [5.74, 6) is -0.0707. The predicted octanol–water partition coefficient (Wildman–Crippen LogP) is 4.94. The maximum Gasteiger partial charge on any atom is 0.256 e. The van der Waals surface area contributed by atoms with E-state index in [0.29, 0.717) is 33.8 Å². The molecule has 4 heterocycles. The van der Waals surface area contributed by atoms with Crippen LogP contribution in [0.15, 0.2) is 42.9 Å². The summed E-state index contributed by atoms with van der Waals surface area (Å²) in [6.07, 6.45) is 6.48. The van der Waals surface area contributed by atoms with Crippen molar-refractivity contribution in [2.45, 2.75) is 12.8 Å². The molecule has 0 spiro atoms. The highest BCUT2D eigenvalue weighted by atomic mass is 35.5. The number of aromatic amines is 1. The van der Waals surface area contributed by atoms with Gasteiger partial charge in [-0.25, -0.2) is 4.98 Å². The van der Waals surface area contributed by atoms with Gasteiger partial charge in [0.25, 0.3) is 5.91 Å². The van der Waals surface area contributed by atoms with E-state index < -0.39 is 0 Å². The van der Waals surface area contributed by atoms with Crippen LogP contribution in [0.25, 0.3) is 10.4 Å². The molecule has 3 aromatic rings. The number of nitrogens with one attached hydrogen (secondary N) is 2. The maximum atomic E-state index is 13.1. The van der Waals surface area contributed by atoms with E-state index in [1.807, 2.05) is 12.1 Å². The Morgan fingerprint density at radius 2 is 2.07 bits per heavy atom. The van der Waals surface area contributed by atoms with Crippen LogP contribution in [0.2, 0.25) is 9.36 Å². The molecule has 6 nitrogen and oxygen atoms in total. The number of H-pyrrole nitrogens is 1. The molecule has 1 aliphatic rings. The lowest BCUT2D eigenvalue weighted by Gasteiger charge is -2.32. The number of anilines is 1. The molecule has 0 bridgehead atoms. The van der Waals surface area contributed by atoms with E-state index in [1.54, 1.807) is 29.4 Å². The van der Waals surface area contributed by atoms with Crippen LogP contribution in [-0.4, -0.2) is 39.8 Å². The van der Waals surface area contributed by atoms with Crippen molar-refractivity contribution in [3.63, 3.8) is 0 Å². The molecule has 29 heavy (non-hydrogen) atoms. The SMILES string of the molecule is O=C(Nc1ccc(Cl)cn1)[C@@H]1CCCN(C(=O)c2c[nH]cc2-c2ccc(Cl)s2)C1. The summed E-state index contributed by atoms with van der Waals surface area (Å²) >= 11 is 13.3. The number of rotatable bonds is 4. The number of carbonyl (C=O) groups excluding carboxylic acids is 2. The van der Waals surface area contributed by atoms with Gasteiger partial charge in [0.1, 0.15) is 5.82 Å². The van der Waals surface area contributed by atoms with Gasteiger partial charge in [-0.3, -0.25) is 9.59 Å². The fraction of sp³-hybridized carbons (Fsp3) is 0.250. The van der Waals surface area contributed by atoms with Gasteiger partial charge >= 0.3 is 0 Å². The summed E-state index contributed by atoms with van der Waals surface area (Å²) in [6.45, 7) is 0.992. The van der Waals surface area contributed by atoms with Crippen LogP contribution >= 0.6 is 34.5 Å². The van der Waals surface area contributed by atoms with Crippen LogP contribution in [0.4, 0.5) is 5.82 Å². The summed E-state index contributed by atoms with van der Waals surface area (Å²) in [7, 11) is 0. The Morgan fingerprint density at radius 1 is 1.21 bits per heavy atom. The first-order chi connectivity index (χ1) is 14.0. The zero-order valence-corrected chi connectivity index (χ0v) is 17.7. The number of amides is 2. The highest BCUT2D eigenvalue weighted by Gasteiger charge is 2.30. The van der Waals surface area contributed by atoms with Gasteiger partial charge in [-0.1, -0.05) is 23.2 Å². The maximum absolute atomic E-state index is 13.1. The predicted molar refractivity (Wildman–Crippen MR) is 116 cm³/mol. The Balaban J connectivity index is 1.46. The van der Waals surface area contributed by atoms with Gasteiger partial charge in [0.2, 0.25) is 5.91 Å². The van der Waals surface area contributed by atoms with E-state index in [4.69, 9.17) is 23.2 Å².